The molecule has 1 spiro atoms. The van der Waals surface area contributed by atoms with E-state index in [-0.39, 0.29) is 41.1 Å². The number of ketones is 1. The van der Waals surface area contributed by atoms with Crippen molar-refractivity contribution in [1.82, 2.24) is 0 Å². The van der Waals surface area contributed by atoms with Crippen molar-refractivity contribution in [3.8, 4) is 0 Å². The standard InChI is InChI=1S/C50H80O23/c1-19-7-10-50(65-17-19)20(2)32-27(73-50)12-25-23-6-5-21-11-22(8-9-48(21,3)24(23)13-31(55)49(25,32)4)66-45-40(63)37(60)41(30(16-53)69-45)70-47-43(72-46-39(62)36(59)34(57)28(14-51)67-46)42(35(58)29(15-52)68-47)71-44-38(61)33(56)26(54)18-64-44/h19-30,32-47,51-54,56-63H,5-18H2,1-4H3/t19-,20+,21-,22+,23-,24+,25+,26+,27+,28-,29+,30+,32+,33-,34+,35-,36-,37-,38-,39-,40-,41-,42+,43+,44+,45-,46+,47+,48+,49+,50-/m0/s1. The van der Waals surface area contributed by atoms with E-state index in [1.165, 1.54) is 0 Å². The summed E-state index contributed by atoms with van der Waals surface area (Å²) in [4.78, 5) is 14.7. The van der Waals surface area contributed by atoms with Gasteiger partial charge in [0.15, 0.2) is 30.9 Å². The van der Waals surface area contributed by atoms with Gasteiger partial charge in [-0.2, -0.15) is 0 Å². The van der Waals surface area contributed by atoms with Gasteiger partial charge in [-0.15, -0.1) is 0 Å². The number of Topliss-reactive ketones (excluding diaryl/α,β-unsaturated/α-hetero) is 1. The van der Waals surface area contributed by atoms with Crippen molar-refractivity contribution in [3.05, 3.63) is 0 Å². The van der Waals surface area contributed by atoms with E-state index in [1.54, 1.807) is 0 Å². The van der Waals surface area contributed by atoms with E-state index in [2.05, 4.69) is 27.7 Å². The number of fused-ring (bicyclic) bond motifs is 7. The second kappa shape index (κ2) is 21.1. The molecule has 0 amide bonds. The van der Waals surface area contributed by atoms with Crippen LogP contribution in [0.1, 0.15) is 85.5 Å². The van der Waals surface area contributed by atoms with Crippen LogP contribution in [-0.2, 0) is 52.2 Å². The SMILES string of the molecule is C[C@H]1CC[C@]2(OC1)O[C@@H]1C[C@@H]3[C@H]4CC[C@H]5C[C@H](O[C@H]6O[C@H](CO)[C@H](O[C@H]7O[C@H](CO)[C@H](O)[C@@H](O[C@H]8OC[C@@H](O)[C@H](O)[C@@H]8O)[C@H]7O[C@H]7O[C@@H](CO)[C@@H](O)[C@H](O)[C@@H]7O)[C@@H](O)[C@@H]6O)CC[C@@]5(C)[C@@H]4CC(=O)[C@]3(C)[C@@H]1[C@H]2C. The third-order valence-corrected chi connectivity index (χ3v) is 19.9. The molecule has 23 heteroatoms. The molecule has 0 aromatic carbocycles. The predicted octanol–water partition coefficient (Wildman–Crippen LogP) is -3.09. The summed E-state index contributed by atoms with van der Waals surface area (Å²) in [5, 5.41) is 129. The molecule has 0 radical (unpaired) electrons. The second-order valence-electron chi connectivity index (χ2n) is 23.7. The topological polar surface area (TPSA) is 352 Å². The molecule has 31 atom stereocenters. The van der Waals surface area contributed by atoms with Crippen LogP contribution in [0.4, 0.5) is 0 Å². The fourth-order valence-electron chi connectivity index (χ4n) is 15.6. The fraction of sp³-hybridized carbons (Fsp3) is 0.980. The quantitative estimate of drug-likeness (QED) is 0.0913. The second-order valence-corrected chi connectivity index (χ2v) is 23.7. The Balaban J connectivity index is 0.820. The molecular weight excluding hydrogens is 969 g/mol. The number of carbonyl (C=O) groups is 1. The van der Waals surface area contributed by atoms with Crippen molar-refractivity contribution in [2.24, 2.45) is 52.3 Å². The van der Waals surface area contributed by atoms with Gasteiger partial charge in [0.25, 0.3) is 0 Å². The smallest absolute Gasteiger partial charge is 0.187 e. The van der Waals surface area contributed by atoms with E-state index in [4.69, 9.17) is 47.4 Å². The molecule has 12 N–H and O–H groups in total. The van der Waals surface area contributed by atoms with Crippen molar-refractivity contribution in [2.75, 3.05) is 33.0 Å². The van der Waals surface area contributed by atoms with Gasteiger partial charge < -0.3 is 109 Å². The molecule has 4 saturated carbocycles. The average molecular weight is 1050 g/mol. The van der Waals surface area contributed by atoms with E-state index in [0.29, 0.717) is 43.5 Å². The van der Waals surface area contributed by atoms with Crippen molar-refractivity contribution in [2.45, 2.75) is 220 Å². The third-order valence-electron chi connectivity index (χ3n) is 19.9. The molecule has 0 aromatic rings. The summed E-state index contributed by atoms with van der Waals surface area (Å²) in [6.07, 6.45) is -26.6. The lowest BCUT2D eigenvalue weighted by molar-refractivity contribution is -0.404. The monoisotopic (exact) mass is 1050 g/mol. The molecule has 10 rings (SSSR count). The zero-order valence-electron chi connectivity index (χ0n) is 41.9. The minimum Gasteiger partial charge on any atom is -0.394 e. The molecule has 10 fully saturated rings. The number of hydrogen-bond donors (Lipinski definition) is 12. The van der Waals surface area contributed by atoms with Gasteiger partial charge in [0, 0.05) is 30.1 Å². The van der Waals surface area contributed by atoms with Crippen molar-refractivity contribution >= 4 is 5.78 Å². The zero-order valence-corrected chi connectivity index (χ0v) is 41.9. The summed E-state index contributed by atoms with van der Waals surface area (Å²) in [6, 6.07) is 0. The molecule has 0 unspecified atom stereocenters. The first-order chi connectivity index (χ1) is 34.7. The van der Waals surface area contributed by atoms with Crippen LogP contribution in [0.2, 0.25) is 0 Å². The minimum absolute atomic E-state index is 0.0117. The Bertz CT molecular complexity index is 1910. The van der Waals surface area contributed by atoms with Crippen LogP contribution in [0, 0.1) is 52.3 Å². The summed E-state index contributed by atoms with van der Waals surface area (Å²) >= 11 is 0. The lowest BCUT2D eigenvalue weighted by Gasteiger charge is -2.60. The summed E-state index contributed by atoms with van der Waals surface area (Å²) in [6.45, 7) is 6.58. The Morgan fingerprint density at radius 1 is 0.589 bits per heavy atom. The minimum atomic E-state index is -2.01. The highest BCUT2D eigenvalue weighted by Gasteiger charge is 2.72. The Kier molecular flexibility index (Phi) is 15.9. The van der Waals surface area contributed by atoms with Gasteiger partial charge in [-0.3, -0.25) is 4.79 Å². The lowest BCUT2D eigenvalue weighted by Crippen LogP contribution is -2.68. The van der Waals surface area contributed by atoms with Crippen molar-refractivity contribution in [1.29, 1.82) is 0 Å². The Hall–Kier alpha value is -1.21. The van der Waals surface area contributed by atoms with E-state index in [1.807, 2.05) is 0 Å². The number of hydrogen-bond acceptors (Lipinski definition) is 23. The van der Waals surface area contributed by atoms with Gasteiger partial charge in [0.1, 0.15) is 97.3 Å². The largest absolute Gasteiger partial charge is 0.394 e. The van der Waals surface area contributed by atoms with Gasteiger partial charge in [0.05, 0.1) is 45.2 Å². The Labute approximate surface area is 423 Å². The molecular formula is C50H80O23. The van der Waals surface area contributed by atoms with Crippen LogP contribution in [0.25, 0.3) is 0 Å². The normalized spacial score (nSPS) is 57.2. The fourth-order valence-corrected chi connectivity index (χ4v) is 15.6. The molecule has 6 aliphatic heterocycles. The first kappa shape index (κ1) is 55.1. The number of rotatable bonds is 11. The van der Waals surface area contributed by atoms with Gasteiger partial charge in [-0.1, -0.05) is 27.7 Å². The first-order valence-corrected chi connectivity index (χ1v) is 26.7. The van der Waals surface area contributed by atoms with Crippen molar-refractivity contribution in [3.63, 3.8) is 0 Å². The Morgan fingerprint density at radius 3 is 1.92 bits per heavy atom. The van der Waals surface area contributed by atoms with Gasteiger partial charge >= 0.3 is 0 Å². The van der Waals surface area contributed by atoms with Crippen LogP contribution in [0.5, 0.6) is 0 Å². The van der Waals surface area contributed by atoms with Crippen LogP contribution < -0.4 is 0 Å². The van der Waals surface area contributed by atoms with Gasteiger partial charge in [0.2, 0.25) is 0 Å². The zero-order chi connectivity index (χ0) is 52.2. The molecule has 0 aromatic heterocycles. The summed E-state index contributed by atoms with van der Waals surface area (Å²) in [5.74, 6) is 1.40. The summed E-state index contributed by atoms with van der Waals surface area (Å²) in [7, 11) is 0. The third kappa shape index (κ3) is 9.30. The number of aliphatic hydroxyl groups is 12. The van der Waals surface area contributed by atoms with Crippen LogP contribution in [-0.4, -0.2) is 235 Å². The molecule has 73 heavy (non-hydrogen) atoms. The molecule has 418 valence electrons. The maximum atomic E-state index is 14.7. The number of aliphatic hydroxyl groups excluding tert-OH is 12. The predicted molar refractivity (Wildman–Crippen MR) is 243 cm³/mol. The van der Waals surface area contributed by atoms with E-state index in [0.717, 1.165) is 38.5 Å². The molecule has 6 heterocycles. The maximum absolute atomic E-state index is 14.7. The van der Waals surface area contributed by atoms with E-state index < -0.39 is 160 Å². The molecule has 23 nitrogen and oxygen atoms in total. The highest BCUT2D eigenvalue weighted by Crippen LogP contribution is 2.70. The highest BCUT2D eigenvalue weighted by molar-refractivity contribution is 5.87. The average Bonchev–Trinajstić information content (AvgIpc) is 3.83. The van der Waals surface area contributed by atoms with Crippen LogP contribution >= 0.6 is 0 Å². The molecule has 0 bridgehead atoms. The van der Waals surface area contributed by atoms with Gasteiger partial charge in [-0.05, 0) is 80.0 Å². The summed E-state index contributed by atoms with van der Waals surface area (Å²) in [5.41, 5.74) is -0.628. The summed E-state index contributed by atoms with van der Waals surface area (Å²) < 4.78 is 61.1. The van der Waals surface area contributed by atoms with E-state index in [9.17, 15) is 66.1 Å². The van der Waals surface area contributed by atoms with Crippen LogP contribution in [0.15, 0.2) is 0 Å². The van der Waals surface area contributed by atoms with Gasteiger partial charge in [-0.25, -0.2) is 0 Å². The number of carbonyl (C=O) groups excluding carboxylic acids is 1. The highest BCUT2D eigenvalue weighted by atomic mass is 16.8. The van der Waals surface area contributed by atoms with Crippen molar-refractivity contribution < 1.29 is 113 Å². The maximum Gasteiger partial charge on any atom is 0.187 e. The van der Waals surface area contributed by atoms with Crippen LogP contribution in [0.3, 0.4) is 0 Å². The first-order valence-electron chi connectivity index (χ1n) is 26.7. The molecule has 10 aliphatic rings. The number of ether oxygens (including phenoxy) is 10. The van der Waals surface area contributed by atoms with E-state index >= 15 is 0 Å². The lowest BCUT2D eigenvalue weighted by atomic mass is 9.44. The molecule has 4 aliphatic carbocycles. The Morgan fingerprint density at radius 2 is 1.22 bits per heavy atom. The molecule has 6 saturated heterocycles.